The monoisotopic (exact) mass is 561 g/mol. The minimum Gasteiger partial charge on any atom is -0.444 e. The maximum absolute atomic E-state index is 14.6. The highest BCUT2D eigenvalue weighted by molar-refractivity contribution is 5.87. The number of carbonyl (C=O) groups excluding carboxylic acids is 2. The Kier molecular flexibility index (Phi) is 8.80. The first-order valence-electron chi connectivity index (χ1n) is 13.7. The topological polar surface area (TPSA) is 90.9 Å². The lowest BCUT2D eigenvalue weighted by Crippen LogP contribution is -2.54. The molecule has 2 fully saturated rings. The van der Waals surface area contributed by atoms with Crippen LogP contribution < -0.4 is 10.6 Å². The summed E-state index contributed by atoms with van der Waals surface area (Å²) in [5.41, 5.74) is -1.65. The van der Waals surface area contributed by atoms with E-state index in [1.807, 2.05) is 0 Å². The van der Waals surface area contributed by atoms with Gasteiger partial charge >= 0.3 is 6.09 Å². The second-order valence-electron chi connectivity index (χ2n) is 11.9. The highest BCUT2D eigenvalue weighted by atomic mass is 19.3. The summed E-state index contributed by atoms with van der Waals surface area (Å²) in [6, 6.07) is 12.7. The SMILES string of the molecule is CC(C)(C)OC(=O)Nc1ccc(CN2CCC(NC(=O)[C@](O)(c3ccccc3)[C@@H]3CCC(F)(F)C3)CC2)cc1F. The lowest BCUT2D eigenvalue weighted by atomic mass is 9.79. The van der Waals surface area contributed by atoms with Crippen LogP contribution in [0.15, 0.2) is 48.5 Å². The molecule has 1 heterocycles. The minimum atomic E-state index is -2.90. The summed E-state index contributed by atoms with van der Waals surface area (Å²) in [5, 5.41) is 16.9. The molecule has 0 spiro atoms. The number of rotatable bonds is 7. The molecule has 1 saturated carbocycles. The number of hydrogen-bond donors (Lipinski definition) is 3. The summed E-state index contributed by atoms with van der Waals surface area (Å²) in [6.07, 6.45) is -0.364. The Labute approximate surface area is 233 Å². The Morgan fingerprint density at radius 2 is 1.75 bits per heavy atom. The van der Waals surface area contributed by atoms with Gasteiger partial charge in [0.25, 0.3) is 5.91 Å². The van der Waals surface area contributed by atoms with Gasteiger partial charge in [0, 0.05) is 44.4 Å². The van der Waals surface area contributed by atoms with Crippen LogP contribution in [0.2, 0.25) is 0 Å². The van der Waals surface area contributed by atoms with Gasteiger partial charge in [-0.15, -0.1) is 0 Å². The molecule has 0 bridgehead atoms. The first-order chi connectivity index (χ1) is 18.7. The van der Waals surface area contributed by atoms with Crippen molar-refractivity contribution in [2.24, 2.45) is 5.92 Å². The van der Waals surface area contributed by atoms with E-state index in [4.69, 9.17) is 4.74 Å². The summed E-state index contributed by atoms with van der Waals surface area (Å²) in [7, 11) is 0. The van der Waals surface area contributed by atoms with Crippen molar-refractivity contribution in [3.05, 3.63) is 65.5 Å². The fraction of sp³-hybridized carbons (Fsp3) is 0.533. The summed E-state index contributed by atoms with van der Waals surface area (Å²) in [5.74, 6) is -4.99. The van der Waals surface area contributed by atoms with Crippen molar-refractivity contribution < 1.29 is 32.6 Å². The largest absolute Gasteiger partial charge is 0.444 e. The van der Waals surface area contributed by atoms with Crippen LogP contribution in [0.5, 0.6) is 0 Å². The number of likely N-dealkylation sites (tertiary alicyclic amines) is 1. The lowest BCUT2D eigenvalue weighted by Gasteiger charge is -2.37. The molecular formula is C30H38F3N3O4. The van der Waals surface area contributed by atoms with Crippen LogP contribution in [-0.4, -0.2) is 52.7 Å². The van der Waals surface area contributed by atoms with Crippen molar-refractivity contribution in [3.63, 3.8) is 0 Å². The molecule has 2 aromatic rings. The molecule has 4 rings (SSSR count). The molecule has 0 aromatic heterocycles. The van der Waals surface area contributed by atoms with Crippen molar-refractivity contribution in [2.75, 3.05) is 18.4 Å². The van der Waals surface area contributed by atoms with Gasteiger partial charge in [0.2, 0.25) is 5.92 Å². The maximum Gasteiger partial charge on any atom is 0.412 e. The normalized spacial score (nSPS) is 21.4. The molecule has 2 amide bonds. The molecule has 1 aliphatic carbocycles. The summed E-state index contributed by atoms with van der Waals surface area (Å²) < 4.78 is 47.9. The van der Waals surface area contributed by atoms with Gasteiger partial charge in [-0.3, -0.25) is 15.0 Å². The van der Waals surface area contributed by atoms with E-state index in [0.717, 1.165) is 5.56 Å². The van der Waals surface area contributed by atoms with Crippen molar-refractivity contribution in [1.29, 1.82) is 0 Å². The molecule has 0 radical (unpaired) electrons. The molecule has 3 N–H and O–H groups in total. The lowest BCUT2D eigenvalue weighted by molar-refractivity contribution is -0.149. The van der Waals surface area contributed by atoms with Crippen LogP contribution >= 0.6 is 0 Å². The van der Waals surface area contributed by atoms with Crippen molar-refractivity contribution >= 4 is 17.7 Å². The van der Waals surface area contributed by atoms with Crippen LogP contribution in [-0.2, 0) is 21.7 Å². The third-order valence-electron chi connectivity index (χ3n) is 7.55. The number of carbonyl (C=O) groups is 2. The van der Waals surface area contributed by atoms with E-state index in [0.29, 0.717) is 38.0 Å². The number of anilines is 1. The van der Waals surface area contributed by atoms with Gasteiger partial charge in [-0.05, 0) is 63.3 Å². The van der Waals surface area contributed by atoms with E-state index in [-0.39, 0.29) is 24.6 Å². The predicted molar refractivity (Wildman–Crippen MR) is 145 cm³/mol. The van der Waals surface area contributed by atoms with Gasteiger partial charge in [0.1, 0.15) is 11.4 Å². The van der Waals surface area contributed by atoms with Crippen molar-refractivity contribution in [1.82, 2.24) is 10.2 Å². The zero-order valence-corrected chi connectivity index (χ0v) is 23.2. The molecule has 1 saturated heterocycles. The van der Waals surface area contributed by atoms with E-state index in [9.17, 15) is 27.9 Å². The highest BCUT2D eigenvalue weighted by Gasteiger charge is 2.53. The molecule has 2 aliphatic rings. The first kappa shape index (κ1) is 29.9. The number of ether oxygens (including phenoxy) is 1. The second-order valence-corrected chi connectivity index (χ2v) is 11.9. The van der Waals surface area contributed by atoms with Gasteiger partial charge in [-0.1, -0.05) is 36.4 Å². The smallest absolute Gasteiger partial charge is 0.412 e. The summed E-state index contributed by atoms with van der Waals surface area (Å²) >= 11 is 0. The zero-order valence-electron chi connectivity index (χ0n) is 23.2. The minimum absolute atomic E-state index is 0.0327. The number of nitrogens with zero attached hydrogens (tertiary/aromatic N) is 1. The fourth-order valence-corrected chi connectivity index (χ4v) is 5.51. The molecule has 218 valence electrons. The van der Waals surface area contributed by atoms with E-state index in [1.54, 1.807) is 57.2 Å². The zero-order chi connectivity index (χ0) is 29.1. The van der Waals surface area contributed by atoms with Gasteiger partial charge in [-0.25, -0.2) is 18.0 Å². The van der Waals surface area contributed by atoms with Crippen LogP contribution in [0.3, 0.4) is 0 Å². The van der Waals surface area contributed by atoms with Crippen LogP contribution in [0, 0.1) is 11.7 Å². The molecule has 40 heavy (non-hydrogen) atoms. The summed E-state index contributed by atoms with van der Waals surface area (Å²) in [4.78, 5) is 27.5. The highest BCUT2D eigenvalue weighted by Crippen LogP contribution is 2.47. The number of benzene rings is 2. The number of nitrogens with one attached hydrogen (secondary N) is 2. The molecule has 1 aliphatic heterocycles. The number of alkyl halides is 2. The third kappa shape index (κ3) is 7.34. The molecule has 10 heteroatoms. The van der Waals surface area contributed by atoms with Gasteiger partial charge in [0.15, 0.2) is 5.60 Å². The Bertz CT molecular complexity index is 1200. The first-order valence-corrected chi connectivity index (χ1v) is 13.7. The van der Waals surface area contributed by atoms with Gasteiger partial charge in [-0.2, -0.15) is 0 Å². The molecule has 2 atom stereocenters. The number of piperidine rings is 1. The molecular weight excluding hydrogens is 523 g/mol. The Morgan fingerprint density at radius 3 is 2.33 bits per heavy atom. The molecule has 2 aromatic carbocycles. The average molecular weight is 562 g/mol. The fourth-order valence-electron chi connectivity index (χ4n) is 5.51. The number of halogens is 3. The van der Waals surface area contributed by atoms with Gasteiger partial charge < -0.3 is 15.2 Å². The number of hydrogen-bond acceptors (Lipinski definition) is 5. The van der Waals surface area contributed by atoms with E-state index in [1.165, 1.54) is 12.1 Å². The number of amides is 2. The Hall–Kier alpha value is -3.11. The standard InChI is InChI=1S/C30H38F3N3O4/c1-28(2,3)40-27(38)35-25-10-9-20(17-24(25)31)19-36-15-12-23(13-16-36)34-26(37)30(39,21-7-5-4-6-8-21)22-11-14-29(32,33)18-22/h4-10,17,22-23,39H,11-16,18-19H2,1-3H3,(H,34,37)(H,35,38)/t22-,30+/m1/s1. The average Bonchev–Trinajstić information content (AvgIpc) is 3.25. The second kappa shape index (κ2) is 11.8. The van der Waals surface area contributed by atoms with Crippen molar-refractivity contribution in [2.45, 2.75) is 82.6 Å². The third-order valence-corrected chi connectivity index (χ3v) is 7.55. The Balaban J connectivity index is 1.33. The van der Waals surface area contributed by atoms with Crippen LogP contribution in [0.25, 0.3) is 0 Å². The van der Waals surface area contributed by atoms with Crippen molar-refractivity contribution in [3.8, 4) is 0 Å². The van der Waals surface area contributed by atoms with Crippen LogP contribution in [0.4, 0.5) is 23.7 Å². The van der Waals surface area contributed by atoms with E-state index in [2.05, 4.69) is 15.5 Å². The van der Waals surface area contributed by atoms with E-state index < -0.39 is 47.3 Å². The van der Waals surface area contributed by atoms with Crippen LogP contribution in [0.1, 0.15) is 64.0 Å². The predicted octanol–water partition coefficient (Wildman–Crippen LogP) is 5.58. The molecule has 7 nitrogen and oxygen atoms in total. The molecule has 0 unspecified atom stereocenters. The summed E-state index contributed by atoms with van der Waals surface area (Å²) in [6.45, 7) is 6.89. The van der Waals surface area contributed by atoms with E-state index >= 15 is 0 Å². The quantitative estimate of drug-likeness (QED) is 0.411. The Morgan fingerprint density at radius 1 is 1.07 bits per heavy atom. The maximum atomic E-state index is 14.6. The number of aliphatic hydroxyl groups is 1. The van der Waals surface area contributed by atoms with Gasteiger partial charge in [0.05, 0.1) is 5.69 Å².